The Balaban J connectivity index is 2.88. The van der Waals surface area contributed by atoms with E-state index < -0.39 is 5.91 Å². The van der Waals surface area contributed by atoms with Crippen molar-refractivity contribution in [2.24, 2.45) is 5.73 Å². The van der Waals surface area contributed by atoms with Gasteiger partial charge >= 0.3 is 0 Å². The zero-order valence-corrected chi connectivity index (χ0v) is 5.45. The molecule has 0 aromatic carbocycles. The van der Waals surface area contributed by atoms with E-state index >= 15 is 0 Å². The summed E-state index contributed by atoms with van der Waals surface area (Å²) in [5, 5.41) is 0. The van der Waals surface area contributed by atoms with E-state index in [1.807, 2.05) is 0 Å². The van der Waals surface area contributed by atoms with Crippen LogP contribution in [0.3, 0.4) is 0 Å². The first-order valence-electron chi connectivity index (χ1n) is 2.84. The summed E-state index contributed by atoms with van der Waals surface area (Å²) in [7, 11) is 0. The van der Waals surface area contributed by atoms with Crippen molar-refractivity contribution < 1.29 is 4.79 Å². The smallest absolute Gasteiger partial charge is 0.265 e. The molecule has 0 aliphatic carbocycles. The predicted molar refractivity (Wildman–Crippen MR) is 39.0 cm³/mol. The van der Waals surface area contributed by atoms with Gasteiger partial charge in [0.15, 0.2) is 0 Å². The molecular weight excluding hydrogens is 128 g/mol. The molecule has 52 valence electrons. The summed E-state index contributed by atoms with van der Waals surface area (Å²) in [6.45, 7) is 3.49. The van der Waals surface area contributed by atoms with Crippen LogP contribution in [0.1, 0.15) is 0 Å². The van der Waals surface area contributed by atoms with Crippen molar-refractivity contribution in [1.29, 1.82) is 0 Å². The van der Waals surface area contributed by atoms with E-state index in [1.165, 1.54) is 0 Å². The number of nitrogens with two attached hydrogens (primary N) is 1. The quantitative estimate of drug-likeness (QED) is 0.589. The van der Waals surface area contributed by atoms with E-state index in [-0.39, 0.29) is 5.70 Å². The predicted octanol–water partition coefficient (Wildman–Crippen LogP) is 0.444. The minimum absolute atomic E-state index is 0.282. The van der Waals surface area contributed by atoms with Gasteiger partial charge in [-0.2, -0.15) is 0 Å². The lowest BCUT2D eigenvalue weighted by Gasteiger charge is -1.99. The Kier molecular flexibility index (Phi) is 1.58. The van der Waals surface area contributed by atoms with Gasteiger partial charge in [-0.3, -0.25) is 4.79 Å². The fraction of sp³-hybridized carbons (Fsp3) is 0. The molecular formula is C7H8N2O. The van der Waals surface area contributed by atoms with Crippen LogP contribution in [-0.4, -0.2) is 10.5 Å². The molecule has 0 bridgehead atoms. The van der Waals surface area contributed by atoms with Crippen molar-refractivity contribution in [1.82, 2.24) is 4.57 Å². The second kappa shape index (κ2) is 2.39. The lowest BCUT2D eigenvalue weighted by atomic mass is 10.5. The fourth-order valence-corrected chi connectivity index (χ4v) is 0.642. The topological polar surface area (TPSA) is 48.0 Å². The molecule has 0 atom stereocenters. The van der Waals surface area contributed by atoms with Gasteiger partial charge in [0.1, 0.15) is 5.70 Å². The molecule has 1 heterocycles. The first kappa shape index (κ1) is 6.61. The van der Waals surface area contributed by atoms with Crippen LogP contribution in [0, 0.1) is 0 Å². The number of carbonyl (C=O) groups excluding carboxylic acids is 1. The fourth-order valence-electron chi connectivity index (χ4n) is 0.642. The van der Waals surface area contributed by atoms with Gasteiger partial charge in [-0.1, -0.05) is 6.58 Å². The Hall–Kier alpha value is -1.51. The average Bonchev–Trinajstić information content (AvgIpc) is 2.36. The molecule has 2 N–H and O–H groups in total. The third-order valence-electron chi connectivity index (χ3n) is 1.20. The van der Waals surface area contributed by atoms with Crippen molar-refractivity contribution in [3.05, 3.63) is 31.1 Å². The lowest BCUT2D eigenvalue weighted by Crippen LogP contribution is -2.15. The van der Waals surface area contributed by atoms with Crippen molar-refractivity contribution in [3.8, 4) is 0 Å². The molecule has 0 aliphatic rings. The molecule has 0 fully saturated rings. The molecule has 0 unspecified atom stereocenters. The first-order valence-corrected chi connectivity index (χ1v) is 2.84. The highest BCUT2D eigenvalue weighted by atomic mass is 16.1. The monoisotopic (exact) mass is 136 g/mol. The summed E-state index contributed by atoms with van der Waals surface area (Å²) in [6.07, 6.45) is 3.43. The molecule has 1 aromatic heterocycles. The SMILES string of the molecule is C=C(C(N)=O)n1cccc1. The molecule has 0 aliphatic heterocycles. The maximum Gasteiger partial charge on any atom is 0.265 e. The largest absolute Gasteiger partial charge is 0.364 e. The maximum absolute atomic E-state index is 10.5. The van der Waals surface area contributed by atoms with Crippen molar-refractivity contribution in [3.63, 3.8) is 0 Å². The normalized spacial score (nSPS) is 9.20. The highest BCUT2D eigenvalue weighted by Crippen LogP contribution is 1.99. The zero-order chi connectivity index (χ0) is 7.56. The molecule has 0 radical (unpaired) electrons. The second-order valence-corrected chi connectivity index (χ2v) is 1.90. The molecule has 1 rings (SSSR count). The molecule has 1 aromatic rings. The highest BCUT2D eigenvalue weighted by Gasteiger charge is 2.00. The maximum atomic E-state index is 10.5. The Bertz CT molecular complexity index is 249. The number of hydrogen-bond acceptors (Lipinski definition) is 1. The summed E-state index contributed by atoms with van der Waals surface area (Å²) < 4.78 is 1.57. The van der Waals surface area contributed by atoms with E-state index in [0.717, 1.165) is 0 Å². The minimum Gasteiger partial charge on any atom is -0.364 e. The molecule has 3 nitrogen and oxygen atoms in total. The second-order valence-electron chi connectivity index (χ2n) is 1.90. The minimum atomic E-state index is -0.504. The summed E-state index contributed by atoms with van der Waals surface area (Å²) in [4.78, 5) is 10.5. The van der Waals surface area contributed by atoms with Crippen LogP contribution in [0.4, 0.5) is 0 Å². The van der Waals surface area contributed by atoms with Gasteiger partial charge in [-0.15, -0.1) is 0 Å². The lowest BCUT2D eigenvalue weighted by molar-refractivity contribution is -0.113. The number of aromatic nitrogens is 1. The Morgan fingerprint density at radius 2 is 1.90 bits per heavy atom. The van der Waals surface area contributed by atoms with Crippen LogP contribution < -0.4 is 5.73 Å². The van der Waals surface area contributed by atoms with E-state index in [9.17, 15) is 4.79 Å². The highest BCUT2D eigenvalue weighted by molar-refractivity contribution is 6.11. The number of amides is 1. The zero-order valence-electron chi connectivity index (χ0n) is 5.45. The van der Waals surface area contributed by atoms with Gasteiger partial charge in [0.2, 0.25) is 0 Å². The van der Waals surface area contributed by atoms with Crippen LogP contribution >= 0.6 is 0 Å². The van der Waals surface area contributed by atoms with Gasteiger partial charge in [-0.25, -0.2) is 0 Å². The Labute approximate surface area is 58.8 Å². The van der Waals surface area contributed by atoms with Crippen LogP contribution in [0.15, 0.2) is 31.1 Å². The van der Waals surface area contributed by atoms with Crippen LogP contribution in [0.25, 0.3) is 5.70 Å². The average molecular weight is 136 g/mol. The number of nitrogens with zero attached hydrogens (tertiary/aromatic N) is 1. The Morgan fingerprint density at radius 3 is 2.30 bits per heavy atom. The summed E-state index contributed by atoms with van der Waals surface area (Å²) >= 11 is 0. The van der Waals surface area contributed by atoms with E-state index in [2.05, 4.69) is 6.58 Å². The molecule has 0 spiro atoms. The molecule has 3 heteroatoms. The van der Waals surface area contributed by atoms with Gasteiger partial charge in [0.05, 0.1) is 0 Å². The molecule has 1 amide bonds. The van der Waals surface area contributed by atoms with Crippen molar-refractivity contribution in [2.75, 3.05) is 0 Å². The van der Waals surface area contributed by atoms with Crippen LogP contribution in [0.5, 0.6) is 0 Å². The number of rotatable bonds is 2. The molecule has 10 heavy (non-hydrogen) atoms. The van der Waals surface area contributed by atoms with E-state index in [4.69, 9.17) is 5.73 Å². The van der Waals surface area contributed by atoms with Crippen molar-refractivity contribution in [2.45, 2.75) is 0 Å². The first-order chi connectivity index (χ1) is 4.72. The van der Waals surface area contributed by atoms with E-state index in [1.54, 1.807) is 29.1 Å². The molecule has 0 saturated carbocycles. The summed E-state index contributed by atoms with van der Waals surface area (Å²) in [5.74, 6) is -0.504. The third kappa shape index (κ3) is 1.07. The van der Waals surface area contributed by atoms with E-state index in [0.29, 0.717) is 0 Å². The van der Waals surface area contributed by atoms with Gasteiger partial charge in [0, 0.05) is 12.4 Å². The number of hydrogen-bond donors (Lipinski definition) is 1. The van der Waals surface area contributed by atoms with Gasteiger partial charge in [0.25, 0.3) is 5.91 Å². The van der Waals surface area contributed by atoms with Gasteiger partial charge < -0.3 is 10.3 Å². The Morgan fingerprint density at radius 1 is 1.40 bits per heavy atom. The van der Waals surface area contributed by atoms with Crippen LogP contribution in [0.2, 0.25) is 0 Å². The standard InChI is InChI=1S/C7H8N2O/c1-6(7(8)10)9-4-2-3-5-9/h2-5H,1H2,(H2,8,10). The third-order valence-corrected chi connectivity index (χ3v) is 1.20. The number of primary amides is 1. The van der Waals surface area contributed by atoms with Crippen molar-refractivity contribution >= 4 is 11.6 Å². The summed E-state index contributed by atoms with van der Waals surface area (Å²) in [5.41, 5.74) is 5.25. The summed E-state index contributed by atoms with van der Waals surface area (Å²) in [6, 6.07) is 3.60. The van der Waals surface area contributed by atoms with Crippen LogP contribution in [-0.2, 0) is 4.79 Å². The molecule has 0 saturated heterocycles. The van der Waals surface area contributed by atoms with Gasteiger partial charge in [-0.05, 0) is 12.1 Å². The number of carbonyl (C=O) groups is 1.